The summed E-state index contributed by atoms with van der Waals surface area (Å²) < 4.78 is 0. The van der Waals surface area contributed by atoms with Gasteiger partial charge in [0.05, 0.1) is 10.7 Å². The second-order valence-electron chi connectivity index (χ2n) is 6.05. The third-order valence-corrected chi connectivity index (χ3v) is 4.81. The number of carbonyl (C=O) groups excluding carboxylic acids is 1. The SMILES string of the molecule is O=C(Nc1cc2cc[nH]c(=O)c2cc1Cl)c1cccc2c1CNCC2. The molecule has 0 atom stereocenters. The maximum atomic E-state index is 12.8. The number of pyridine rings is 1. The van der Waals surface area contributed by atoms with Gasteiger partial charge in [0.25, 0.3) is 11.5 Å². The van der Waals surface area contributed by atoms with E-state index < -0.39 is 0 Å². The monoisotopic (exact) mass is 353 g/mol. The van der Waals surface area contributed by atoms with Gasteiger partial charge < -0.3 is 15.6 Å². The summed E-state index contributed by atoms with van der Waals surface area (Å²) in [5.41, 5.74) is 3.15. The summed E-state index contributed by atoms with van der Waals surface area (Å²) in [4.78, 5) is 27.2. The minimum atomic E-state index is -0.208. The molecule has 2 heterocycles. The summed E-state index contributed by atoms with van der Waals surface area (Å²) in [6, 6.07) is 10.9. The lowest BCUT2D eigenvalue weighted by atomic mass is 9.95. The Morgan fingerprint density at radius 1 is 1.20 bits per heavy atom. The molecule has 0 bridgehead atoms. The van der Waals surface area contributed by atoms with Crippen molar-refractivity contribution in [1.29, 1.82) is 0 Å². The molecule has 1 aromatic heterocycles. The Hall–Kier alpha value is -2.63. The van der Waals surface area contributed by atoms with Gasteiger partial charge in [-0.15, -0.1) is 0 Å². The molecule has 0 spiro atoms. The summed E-state index contributed by atoms with van der Waals surface area (Å²) in [7, 11) is 0. The van der Waals surface area contributed by atoms with Crippen molar-refractivity contribution in [3.05, 3.63) is 74.7 Å². The van der Waals surface area contributed by atoms with Crippen LogP contribution in [-0.4, -0.2) is 17.4 Å². The van der Waals surface area contributed by atoms with E-state index in [-0.39, 0.29) is 11.5 Å². The minimum absolute atomic E-state index is 0.202. The number of rotatable bonds is 2. The molecule has 5 nitrogen and oxygen atoms in total. The topological polar surface area (TPSA) is 74.0 Å². The van der Waals surface area contributed by atoms with Gasteiger partial charge in [0.1, 0.15) is 0 Å². The number of H-pyrrole nitrogens is 1. The first-order chi connectivity index (χ1) is 12.1. The van der Waals surface area contributed by atoms with Gasteiger partial charge in [-0.3, -0.25) is 9.59 Å². The zero-order chi connectivity index (χ0) is 17.4. The summed E-state index contributed by atoms with van der Waals surface area (Å²) in [6.07, 6.45) is 2.49. The van der Waals surface area contributed by atoms with E-state index in [0.29, 0.717) is 28.2 Å². The highest BCUT2D eigenvalue weighted by Gasteiger charge is 2.18. The van der Waals surface area contributed by atoms with Crippen LogP contribution in [0.3, 0.4) is 0 Å². The lowest BCUT2D eigenvalue weighted by molar-refractivity contribution is 0.102. The summed E-state index contributed by atoms with van der Waals surface area (Å²) >= 11 is 6.27. The van der Waals surface area contributed by atoms with Gasteiger partial charge >= 0.3 is 0 Å². The zero-order valence-electron chi connectivity index (χ0n) is 13.4. The molecule has 0 saturated heterocycles. The van der Waals surface area contributed by atoms with E-state index in [0.717, 1.165) is 23.9 Å². The molecule has 1 amide bonds. The van der Waals surface area contributed by atoms with Crippen molar-refractivity contribution >= 4 is 34.0 Å². The van der Waals surface area contributed by atoms with E-state index in [1.165, 1.54) is 5.56 Å². The molecule has 1 aliphatic heterocycles. The molecule has 0 fully saturated rings. The Labute approximate surface area is 149 Å². The van der Waals surface area contributed by atoms with Crippen molar-refractivity contribution < 1.29 is 4.79 Å². The van der Waals surface area contributed by atoms with Gasteiger partial charge in [0.2, 0.25) is 0 Å². The van der Waals surface area contributed by atoms with E-state index in [2.05, 4.69) is 21.7 Å². The van der Waals surface area contributed by atoms with Crippen LogP contribution in [-0.2, 0) is 13.0 Å². The maximum absolute atomic E-state index is 12.8. The van der Waals surface area contributed by atoms with Crippen LogP contribution in [0.1, 0.15) is 21.5 Å². The van der Waals surface area contributed by atoms with Gasteiger partial charge in [-0.2, -0.15) is 0 Å². The molecule has 1 aliphatic rings. The second kappa shape index (κ2) is 6.35. The normalized spacial score (nSPS) is 13.5. The summed E-state index contributed by atoms with van der Waals surface area (Å²) in [5, 5.41) is 7.72. The number of anilines is 1. The van der Waals surface area contributed by atoms with Gasteiger partial charge in [-0.25, -0.2) is 0 Å². The molecule has 4 rings (SSSR count). The van der Waals surface area contributed by atoms with Crippen molar-refractivity contribution in [1.82, 2.24) is 10.3 Å². The Bertz CT molecular complexity index is 1040. The largest absolute Gasteiger partial charge is 0.329 e. The zero-order valence-corrected chi connectivity index (χ0v) is 14.1. The number of fused-ring (bicyclic) bond motifs is 2. The van der Waals surface area contributed by atoms with Crippen LogP contribution in [0.5, 0.6) is 0 Å². The number of nitrogens with one attached hydrogen (secondary N) is 3. The van der Waals surface area contributed by atoms with Crippen molar-refractivity contribution in [2.75, 3.05) is 11.9 Å². The van der Waals surface area contributed by atoms with Crippen LogP contribution in [0.4, 0.5) is 5.69 Å². The molecule has 3 aromatic rings. The van der Waals surface area contributed by atoms with Crippen LogP contribution >= 0.6 is 11.6 Å². The van der Waals surface area contributed by atoms with Crippen LogP contribution < -0.4 is 16.2 Å². The summed E-state index contributed by atoms with van der Waals surface area (Å²) in [5.74, 6) is -0.202. The number of hydrogen-bond donors (Lipinski definition) is 3. The number of aromatic amines is 1. The van der Waals surface area contributed by atoms with Crippen molar-refractivity contribution in [3.63, 3.8) is 0 Å². The Morgan fingerprint density at radius 3 is 2.96 bits per heavy atom. The highest BCUT2D eigenvalue weighted by atomic mass is 35.5. The number of aromatic nitrogens is 1. The molecule has 0 radical (unpaired) electrons. The maximum Gasteiger partial charge on any atom is 0.256 e. The molecular weight excluding hydrogens is 338 g/mol. The van der Waals surface area contributed by atoms with Crippen LogP contribution in [0, 0.1) is 0 Å². The molecule has 3 N–H and O–H groups in total. The average Bonchev–Trinajstić information content (AvgIpc) is 2.63. The Kier molecular flexibility index (Phi) is 4.03. The van der Waals surface area contributed by atoms with E-state index in [9.17, 15) is 9.59 Å². The van der Waals surface area contributed by atoms with Gasteiger partial charge in [-0.05, 0) is 53.7 Å². The van der Waals surface area contributed by atoms with E-state index in [1.54, 1.807) is 24.4 Å². The molecule has 25 heavy (non-hydrogen) atoms. The fourth-order valence-electron chi connectivity index (χ4n) is 3.22. The number of amides is 1. The highest BCUT2D eigenvalue weighted by molar-refractivity contribution is 6.34. The van der Waals surface area contributed by atoms with Crippen molar-refractivity contribution in [2.45, 2.75) is 13.0 Å². The standard InChI is InChI=1S/C19H16ClN3O2/c20-16-9-14-12(5-7-22-18(14)24)8-17(16)23-19(25)13-3-1-2-11-4-6-21-10-15(11)13/h1-3,5,7-9,21H,4,6,10H2,(H,22,24)(H,23,25). The number of benzene rings is 2. The van der Waals surface area contributed by atoms with Crippen LogP contribution in [0.2, 0.25) is 5.02 Å². The van der Waals surface area contributed by atoms with Crippen molar-refractivity contribution in [2.24, 2.45) is 0 Å². The highest BCUT2D eigenvalue weighted by Crippen LogP contribution is 2.28. The average molecular weight is 354 g/mol. The first-order valence-corrected chi connectivity index (χ1v) is 8.45. The molecule has 2 aromatic carbocycles. The Morgan fingerprint density at radius 2 is 2.08 bits per heavy atom. The van der Waals surface area contributed by atoms with Crippen molar-refractivity contribution in [3.8, 4) is 0 Å². The van der Waals surface area contributed by atoms with E-state index >= 15 is 0 Å². The second-order valence-corrected chi connectivity index (χ2v) is 6.46. The third-order valence-electron chi connectivity index (χ3n) is 4.50. The van der Waals surface area contributed by atoms with Gasteiger partial charge in [-0.1, -0.05) is 23.7 Å². The fourth-order valence-corrected chi connectivity index (χ4v) is 3.43. The minimum Gasteiger partial charge on any atom is -0.329 e. The number of hydrogen-bond acceptors (Lipinski definition) is 3. The predicted octanol–water partition coefficient (Wildman–Crippen LogP) is 3.08. The molecule has 0 unspecified atom stereocenters. The molecule has 0 saturated carbocycles. The fraction of sp³-hybridized carbons (Fsp3) is 0.158. The third kappa shape index (κ3) is 2.92. The van der Waals surface area contributed by atoms with E-state index in [1.807, 2.05) is 12.1 Å². The summed E-state index contributed by atoms with van der Waals surface area (Å²) in [6.45, 7) is 1.60. The molecule has 0 aliphatic carbocycles. The predicted molar refractivity (Wildman–Crippen MR) is 99.4 cm³/mol. The quantitative estimate of drug-likeness (QED) is 0.663. The lowest BCUT2D eigenvalue weighted by Crippen LogP contribution is -2.27. The smallest absolute Gasteiger partial charge is 0.256 e. The molecular formula is C19H16ClN3O2. The Balaban J connectivity index is 1.71. The molecule has 6 heteroatoms. The lowest BCUT2D eigenvalue weighted by Gasteiger charge is -2.20. The van der Waals surface area contributed by atoms with E-state index in [4.69, 9.17) is 11.6 Å². The first kappa shape index (κ1) is 15.9. The van der Waals surface area contributed by atoms with Crippen LogP contribution in [0.25, 0.3) is 10.8 Å². The molecule has 126 valence electrons. The van der Waals surface area contributed by atoms with Gasteiger partial charge in [0.15, 0.2) is 0 Å². The number of halogens is 1. The van der Waals surface area contributed by atoms with Gasteiger partial charge in [0, 0.05) is 23.7 Å². The number of carbonyl (C=O) groups is 1. The first-order valence-electron chi connectivity index (χ1n) is 8.07. The van der Waals surface area contributed by atoms with Crippen LogP contribution in [0.15, 0.2) is 47.4 Å².